The molecule has 1 heterocycles. The first-order chi connectivity index (χ1) is 7.42. The van der Waals surface area contributed by atoms with Crippen molar-refractivity contribution in [3.05, 3.63) is 35.4 Å². The third-order valence-electron chi connectivity index (χ3n) is 1.96. The van der Waals surface area contributed by atoms with Crippen LogP contribution < -0.4 is 4.90 Å². The summed E-state index contributed by atoms with van der Waals surface area (Å²) < 4.78 is 1.08. The van der Waals surface area contributed by atoms with E-state index < -0.39 is 0 Å². The average Bonchev–Trinajstić information content (AvgIpc) is 2.80. The van der Waals surface area contributed by atoms with Gasteiger partial charge in [0.05, 0.1) is 0 Å². The van der Waals surface area contributed by atoms with Crippen LogP contribution in [-0.4, -0.2) is 36.6 Å². The summed E-state index contributed by atoms with van der Waals surface area (Å²) in [4.78, 5) is 2.21. The zero-order valence-corrected chi connectivity index (χ0v) is 11.3. The Kier molecular flexibility index (Phi) is 3.94. The molecule has 2 aromatic rings. The Bertz CT molecular complexity index is 390. The van der Waals surface area contributed by atoms with E-state index >= 15 is 0 Å². The zero-order chi connectivity index (χ0) is 10.5. The second kappa shape index (κ2) is 5.45. The van der Waals surface area contributed by atoms with E-state index in [1.807, 2.05) is 23.3 Å². The molecule has 0 atom stereocenters. The number of nitrogens with zero attached hydrogens (tertiary/aromatic N) is 3. The quantitative estimate of drug-likeness (QED) is 0.634. The molecular formula is C10H10BrN3Se. The van der Waals surface area contributed by atoms with Crippen molar-refractivity contribution in [1.82, 2.24) is 10.2 Å². The van der Waals surface area contributed by atoms with Gasteiger partial charge >= 0.3 is 103 Å². The van der Waals surface area contributed by atoms with Crippen molar-refractivity contribution in [2.45, 2.75) is 0 Å². The maximum absolute atomic E-state index is 4.15. The van der Waals surface area contributed by atoms with Gasteiger partial charge in [0.15, 0.2) is 0 Å². The van der Waals surface area contributed by atoms with Crippen LogP contribution in [0, 0.1) is 0 Å². The number of halogens is 1. The van der Waals surface area contributed by atoms with E-state index in [-0.39, 0.29) is 14.5 Å². The summed E-state index contributed by atoms with van der Waals surface area (Å²) in [5, 5.41) is 10.9. The first kappa shape index (κ1) is 10.9. The van der Waals surface area contributed by atoms with Crippen LogP contribution in [0.4, 0.5) is 10.4 Å². The topological polar surface area (TPSA) is 29.0 Å². The molecule has 0 aliphatic heterocycles. The number of hydrogen-bond acceptors (Lipinski definition) is 3. The van der Waals surface area contributed by atoms with Crippen molar-refractivity contribution in [3.63, 3.8) is 0 Å². The Morgan fingerprint density at radius 3 is 2.67 bits per heavy atom. The van der Waals surface area contributed by atoms with Crippen molar-refractivity contribution in [3.8, 4) is 0 Å². The fourth-order valence-electron chi connectivity index (χ4n) is 1.31. The summed E-state index contributed by atoms with van der Waals surface area (Å²) in [5.41, 5.74) is 1.18. The van der Waals surface area contributed by atoms with Gasteiger partial charge in [-0.1, -0.05) is 0 Å². The molecule has 3 nitrogen and oxygen atoms in total. The first-order valence-electron chi connectivity index (χ1n) is 4.56. The van der Waals surface area contributed by atoms with E-state index in [1.165, 1.54) is 5.69 Å². The molecule has 0 aliphatic carbocycles. The predicted molar refractivity (Wildman–Crippen MR) is 66.2 cm³/mol. The number of benzene rings is 1. The predicted octanol–water partition coefficient (Wildman–Crippen LogP) is 2.07. The van der Waals surface area contributed by atoms with Crippen molar-refractivity contribution in [2.75, 3.05) is 16.8 Å². The molecule has 0 saturated heterocycles. The first-order valence-corrected chi connectivity index (χ1v) is 7.53. The number of rotatable bonds is 4. The Morgan fingerprint density at radius 2 is 2.07 bits per heavy atom. The molecule has 0 saturated carbocycles. The monoisotopic (exact) mass is 331 g/mol. The summed E-state index contributed by atoms with van der Waals surface area (Å²) in [7, 11) is 0. The van der Waals surface area contributed by atoms with Gasteiger partial charge < -0.3 is 0 Å². The number of alkyl halides is 1. The molecule has 0 fully saturated rings. The molecule has 0 amide bonds. The number of anilines is 2. The van der Waals surface area contributed by atoms with Gasteiger partial charge in [0, 0.05) is 0 Å². The molecule has 2 rings (SSSR count). The van der Waals surface area contributed by atoms with E-state index in [2.05, 4.69) is 43.2 Å². The number of aromatic nitrogens is 2. The van der Waals surface area contributed by atoms with Gasteiger partial charge in [0.1, 0.15) is 0 Å². The third-order valence-corrected chi connectivity index (χ3v) is 3.81. The summed E-state index contributed by atoms with van der Waals surface area (Å²) >= 11 is 3.74. The zero-order valence-electron chi connectivity index (χ0n) is 8.01. The van der Waals surface area contributed by atoms with Gasteiger partial charge in [-0.25, -0.2) is 0 Å². The second-order valence-corrected chi connectivity index (χ2v) is 5.39. The summed E-state index contributed by atoms with van der Waals surface area (Å²) in [6.07, 6.45) is 0. The molecule has 0 radical (unpaired) electrons. The van der Waals surface area contributed by atoms with Gasteiger partial charge in [-0.15, -0.1) is 0 Å². The minimum atomic E-state index is 0.276. The number of hydrogen-bond donors (Lipinski definition) is 0. The normalized spacial score (nSPS) is 10.2. The Labute approximate surface area is 103 Å². The minimum absolute atomic E-state index is 0.276. The Morgan fingerprint density at radius 1 is 1.27 bits per heavy atom. The van der Waals surface area contributed by atoms with Crippen molar-refractivity contribution < 1.29 is 0 Å². The van der Waals surface area contributed by atoms with Crippen LogP contribution in [0.25, 0.3) is 0 Å². The second-order valence-electron chi connectivity index (χ2n) is 2.90. The fraction of sp³-hybridized carbons (Fsp3) is 0.200. The molecule has 0 spiro atoms. The Balaban J connectivity index is 2.28. The van der Waals surface area contributed by atoms with Crippen LogP contribution in [-0.2, 0) is 0 Å². The van der Waals surface area contributed by atoms with Gasteiger partial charge in [-0.3, -0.25) is 0 Å². The molecule has 1 aromatic carbocycles. The molecule has 5 heteroatoms. The maximum atomic E-state index is 4.15. The van der Waals surface area contributed by atoms with E-state index in [0.717, 1.165) is 16.6 Å². The van der Waals surface area contributed by atoms with Crippen LogP contribution in [0.2, 0.25) is 0 Å². The molecule has 0 aliphatic rings. The van der Waals surface area contributed by atoms with Crippen molar-refractivity contribution in [2.24, 2.45) is 0 Å². The van der Waals surface area contributed by atoms with Crippen molar-refractivity contribution in [1.29, 1.82) is 0 Å². The SMILES string of the molecule is BrCCN(c1ccccc1)c1nnc[se]1. The Hall–Kier alpha value is -0.641. The van der Waals surface area contributed by atoms with Crippen LogP contribution in [0.5, 0.6) is 0 Å². The molecule has 0 N–H and O–H groups in total. The molecule has 0 bridgehead atoms. The molecule has 78 valence electrons. The fourth-order valence-corrected chi connectivity index (χ4v) is 2.94. The standard InChI is InChI=1S/C10H10BrN3Se/c11-6-7-14(10-13-12-8-15-10)9-4-2-1-3-5-9/h1-5,8H,6-7H2. The molecule has 1 aromatic heterocycles. The molecular weight excluding hydrogens is 321 g/mol. The van der Waals surface area contributed by atoms with Gasteiger partial charge in [0.25, 0.3) is 0 Å². The summed E-state index contributed by atoms with van der Waals surface area (Å²) in [5.74, 6) is 0. The van der Waals surface area contributed by atoms with Gasteiger partial charge in [-0.05, 0) is 0 Å². The molecule has 0 unspecified atom stereocenters. The van der Waals surface area contributed by atoms with Crippen molar-refractivity contribution >= 4 is 40.8 Å². The van der Waals surface area contributed by atoms with Crippen LogP contribution in [0.3, 0.4) is 0 Å². The number of para-hydroxylation sites is 1. The van der Waals surface area contributed by atoms with E-state index in [1.54, 1.807) is 0 Å². The molecule has 15 heavy (non-hydrogen) atoms. The average molecular weight is 331 g/mol. The van der Waals surface area contributed by atoms with Crippen LogP contribution in [0.15, 0.2) is 35.4 Å². The van der Waals surface area contributed by atoms with Crippen LogP contribution >= 0.6 is 15.9 Å². The van der Waals surface area contributed by atoms with Gasteiger partial charge in [0.2, 0.25) is 0 Å². The summed E-state index contributed by atoms with van der Waals surface area (Å²) in [6.45, 7) is 0.925. The third kappa shape index (κ3) is 2.68. The van der Waals surface area contributed by atoms with E-state index in [4.69, 9.17) is 0 Å². The van der Waals surface area contributed by atoms with Crippen LogP contribution in [0.1, 0.15) is 0 Å². The van der Waals surface area contributed by atoms with E-state index in [9.17, 15) is 0 Å². The van der Waals surface area contributed by atoms with E-state index in [0.29, 0.717) is 0 Å². The summed E-state index contributed by atoms with van der Waals surface area (Å²) in [6, 6.07) is 10.3. The van der Waals surface area contributed by atoms with Gasteiger partial charge in [-0.2, -0.15) is 0 Å².